The molecule has 0 spiro atoms. The molecule has 11 aromatic carbocycles. The van der Waals surface area contributed by atoms with Gasteiger partial charge < -0.3 is 0 Å². The van der Waals surface area contributed by atoms with Crippen molar-refractivity contribution in [1.29, 1.82) is 0 Å². The van der Waals surface area contributed by atoms with E-state index in [0.717, 1.165) is 0 Å². The number of hydrogen-bond donors (Lipinski definition) is 0. The van der Waals surface area contributed by atoms with E-state index in [-0.39, 0.29) is 5.41 Å². The van der Waals surface area contributed by atoms with Gasteiger partial charge in [0.1, 0.15) is 0 Å². The molecule has 1 aliphatic rings. The maximum absolute atomic E-state index is 2.45. The molecule has 0 bridgehead atoms. The minimum Gasteiger partial charge on any atom is -0.0616 e. The molecular formula is C59H40. The Bertz CT molecular complexity index is 3450. The van der Waals surface area contributed by atoms with Crippen molar-refractivity contribution in [2.45, 2.75) is 19.3 Å². The van der Waals surface area contributed by atoms with Gasteiger partial charge in [0.2, 0.25) is 0 Å². The molecule has 0 nitrogen and oxygen atoms in total. The van der Waals surface area contributed by atoms with Gasteiger partial charge in [0.05, 0.1) is 0 Å². The summed E-state index contributed by atoms with van der Waals surface area (Å²) in [6.07, 6.45) is 0. The van der Waals surface area contributed by atoms with E-state index < -0.39 is 0 Å². The molecule has 0 saturated carbocycles. The molecule has 11 aromatic rings. The Labute approximate surface area is 344 Å². The fraction of sp³-hybridized carbons (Fsp3) is 0.0508. The summed E-state index contributed by atoms with van der Waals surface area (Å²) < 4.78 is 0. The molecular weight excluding hydrogens is 709 g/mol. The van der Waals surface area contributed by atoms with E-state index in [1.165, 1.54) is 121 Å². The summed E-state index contributed by atoms with van der Waals surface area (Å²) >= 11 is 0. The lowest BCUT2D eigenvalue weighted by molar-refractivity contribution is 0.666. The molecule has 0 amide bonds. The molecule has 0 aliphatic heterocycles. The third-order valence-corrected chi connectivity index (χ3v) is 13.2. The predicted molar refractivity (Wildman–Crippen MR) is 253 cm³/mol. The summed E-state index contributed by atoms with van der Waals surface area (Å²) in [5.41, 5.74) is 15.5. The van der Waals surface area contributed by atoms with Crippen LogP contribution in [0.1, 0.15) is 25.0 Å². The zero-order chi connectivity index (χ0) is 39.2. The first-order chi connectivity index (χ1) is 29.1. The minimum atomic E-state index is -0.111. The van der Waals surface area contributed by atoms with Crippen molar-refractivity contribution in [3.8, 4) is 55.6 Å². The molecule has 0 saturated heterocycles. The van der Waals surface area contributed by atoms with Crippen LogP contribution < -0.4 is 0 Å². The topological polar surface area (TPSA) is 0 Å². The van der Waals surface area contributed by atoms with Crippen LogP contribution in [0.3, 0.4) is 0 Å². The first-order valence-corrected chi connectivity index (χ1v) is 20.8. The van der Waals surface area contributed by atoms with Gasteiger partial charge in [-0.2, -0.15) is 0 Å². The van der Waals surface area contributed by atoms with Crippen molar-refractivity contribution in [3.63, 3.8) is 0 Å². The van der Waals surface area contributed by atoms with Crippen LogP contribution in [0, 0.1) is 0 Å². The Kier molecular flexibility index (Phi) is 7.38. The molecule has 0 atom stereocenters. The Balaban J connectivity index is 1.02. The molecule has 0 aromatic heterocycles. The van der Waals surface area contributed by atoms with Crippen LogP contribution in [0.4, 0.5) is 0 Å². The minimum absolute atomic E-state index is 0.111. The third kappa shape index (κ3) is 4.96. The highest BCUT2D eigenvalue weighted by Crippen LogP contribution is 2.55. The second kappa shape index (κ2) is 12.9. The average Bonchev–Trinajstić information content (AvgIpc) is 3.54. The summed E-state index contributed by atoms with van der Waals surface area (Å²) in [7, 11) is 0. The SMILES string of the molecule is CC1(C)c2ccc(-c3ccc(-c4c5ccccc5c(-c5ccccc5-c5cccc6ccccc56)c5ccccc45)cc3)cc2-c2c1c1ccccc1c1ccccc21. The van der Waals surface area contributed by atoms with Crippen molar-refractivity contribution in [2.24, 2.45) is 0 Å². The molecule has 0 unspecified atom stereocenters. The van der Waals surface area contributed by atoms with E-state index >= 15 is 0 Å². The van der Waals surface area contributed by atoms with Gasteiger partial charge in [0.15, 0.2) is 0 Å². The molecule has 276 valence electrons. The molecule has 0 heteroatoms. The van der Waals surface area contributed by atoms with Gasteiger partial charge >= 0.3 is 0 Å². The Morgan fingerprint density at radius 3 is 1.37 bits per heavy atom. The van der Waals surface area contributed by atoms with E-state index in [1.54, 1.807) is 0 Å². The summed E-state index contributed by atoms with van der Waals surface area (Å²) in [5.74, 6) is 0. The quantitative estimate of drug-likeness (QED) is 0.124. The monoisotopic (exact) mass is 748 g/mol. The van der Waals surface area contributed by atoms with Gasteiger partial charge in [-0.3, -0.25) is 0 Å². The fourth-order valence-electron chi connectivity index (χ4n) is 10.6. The van der Waals surface area contributed by atoms with Crippen LogP contribution in [0.5, 0.6) is 0 Å². The molecule has 59 heavy (non-hydrogen) atoms. The standard InChI is InChI=1S/C59H40/c1-59(2)54-35-34-40(36-53(54)57-47-23-9-6-20-44(47)45-21-7-14-28-52(45)58(57)59)37-30-32-39(33-31-37)55-48-24-10-12-26-50(48)56(51-27-13-11-25-49(51)55)46-22-8-5-19-43(46)42-29-15-17-38-16-3-4-18-41(38)42/h3-36H,1-2H3. The molecule has 0 fully saturated rings. The van der Waals surface area contributed by atoms with Crippen LogP contribution in [-0.4, -0.2) is 0 Å². The first-order valence-electron chi connectivity index (χ1n) is 20.8. The highest BCUT2D eigenvalue weighted by atomic mass is 14.4. The fourth-order valence-corrected chi connectivity index (χ4v) is 10.6. The largest absolute Gasteiger partial charge is 0.0616 e. The lowest BCUT2D eigenvalue weighted by Crippen LogP contribution is -2.15. The van der Waals surface area contributed by atoms with Gasteiger partial charge in [-0.05, 0) is 127 Å². The van der Waals surface area contributed by atoms with Crippen LogP contribution in [0.15, 0.2) is 206 Å². The highest BCUT2D eigenvalue weighted by molar-refractivity contribution is 6.23. The molecule has 0 heterocycles. The zero-order valence-corrected chi connectivity index (χ0v) is 33.1. The number of rotatable bonds is 4. The molecule has 12 rings (SSSR count). The van der Waals surface area contributed by atoms with Crippen LogP contribution in [0.2, 0.25) is 0 Å². The van der Waals surface area contributed by atoms with Crippen molar-refractivity contribution < 1.29 is 0 Å². The lowest BCUT2D eigenvalue weighted by atomic mass is 9.79. The van der Waals surface area contributed by atoms with E-state index in [0.29, 0.717) is 0 Å². The van der Waals surface area contributed by atoms with Gasteiger partial charge in [-0.15, -0.1) is 0 Å². The number of fused-ring (bicyclic) bond motifs is 11. The Morgan fingerprint density at radius 1 is 0.271 bits per heavy atom. The highest BCUT2D eigenvalue weighted by Gasteiger charge is 2.38. The maximum atomic E-state index is 2.45. The summed E-state index contributed by atoms with van der Waals surface area (Å²) in [4.78, 5) is 0. The maximum Gasteiger partial charge on any atom is 0.0165 e. The van der Waals surface area contributed by atoms with Crippen molar-refractivity contribution in [3.05, 3.63) is 217 Å². The smallest absolute Gasteiger partial charge is 0.0165 e. The van der Waals surface area contributed by atoms with E-state index in [4.69, 9.17) is 0 Å². The van der Waals surface area contributed by atoms with E-state index in [2.05, 4.69) is 220 Å². The van der Waals surface area contributed by atoms with Crippen molar-refractivity contribution in [1.82, 2.24) is 0 Å². The van der Waals surface area contributed by atoms with Gasteiger partial charge in [-0.25, -0.2) is 0 Å². The Morgan fingerprint density at radius 2 is 0.712 bits per heavy atom. The second-order valence-electron chi connectivity index (χ2n) is 16.7. The van der Waals surface area contributed by atoms with Gasteiger partial charge in [0, 0.05) is 5.41 Å². The lowest BCUT2D eigenvalue weighted by Gasteiger charge is -2.24. The molecule has 1 aliphatic carbocycles. The summed E-state index contributed by atoms with van der Waals surface area (Å²) in [6.45, 7) is 4.80. The number of benzene rings is 11. The van der Waals surface area contributed by atoms with Crippen molar-refractivity contribution in [2.75, 3.05) is 0 Å². The molecule has 0 radical (unpaired) electrons. The van der Waals surface area contributed by atoms with Crippen LogP contribution in [0.25, 0.3) is 109 Å². The zero-order valence-electron chi connectivity index (χ0n) is 33.1. The van der Waals surface area contributed by atoms with Gasteiger partial charge in [0.25, 0.3) is 0 Å². The number of hydrogen-bond acceptors (Lipinski definition) is 0. The predicted octanol–water partition coefficient (Wildman–Crippen LogP) is 16.4. The van der Waals surface area contributed by atoms with Gasteiger partial charge in [-0.1, -0.05) is 214 Å². The van der Waals surface area contributed by atoms with E-state index in [9.17, 15) is 0 Å². The average molecular weight is 749 g/mol. The second-order valence-corrected chi connectivity index (χ2v) is 16.7. The van der Waals surface area contributed by atoms with Crippen molar-refractivity contribution >= 4 is 53.9 Å². The van der Waals surface area contributed by atoms with Crippen LogP contribution in [-0.2, 0) is 5.41 Å². The van der Waals surface area contributed by atoms with Crippen LogP contribution >= 0.6 is 0 Å². The molecule has 0 N–H and O–H groups in total. The summed E-state index contributed by atoms with van der Waals surface area (Å²) in [5, 5.41) is 12.9. The first kappa shape index (κ1) is 33.8. The Hall–Kier alpha value is -7.28. The normalized spacial score (nSPS) is 13.1. The van der Waals surface area contributed by atoms with E-state index in [1.807, 2.05) is 0 Å². The third-order valence-electron chi connectivity index (χ3n) is 13.2. The summed E-state index contributed by atoms with van der Waals surface area (Å²) in [6, 6.07) is 76.7.